The number of aryl methyl sites for hydroxylation is 1. The number of carbonyl (C=O) groups is 1. The van der Waals surface area contributed by atoms with Gasteiger partial charge in [-0.2, -0.15) is 0 Å². The molecule has 0 unspecified atom stereocenters. The summed E-state index contributed by atoms with van der Waals surface area (Å²) in [5.41, 5.74) is 2.58. The molecule has 0 aliphatic heterocycles. The molecule has 3 aromatic carbocycles. The van der Waals surface area contributed by atoms with E-state index in [-0.39, 0.29) is 11.4 Å². The molecule has 0 heterocycles. The Balaban J connectivity index is 1.96. The molecule has 0 saturated heterocycles. The van der Waals surface area contributed by atoms with E-state index >= 15 is 0 Å². The molecule has 0 saturated carbocycles. The zero-order valence-corrected chi connectivity index (χ0v) is 17.7. The Morgan fingerprint density at radius 3 is 2.34 bits per heavy atom. The summed E-state index contributed by atoms with van der Waals surface area (Å²) >= 11 is 6.11. The van der Waals surface area contributed by atoms with Gasteiger partial charge in [0, 0.05) is 10.7 Å². The highest BCUT2D eigenvalue weighted by molar-refractivity contribution is 7.92. The van der Waals surface area contributed by atoms with Crippen molar-refractivity contribution in [1.29, 1.82) is 0 Å². The molecule has 0 spiro atoms. The van der Waals surface area contributed by atoms with Crippen LogP contribution in [0.5, 0.6) is 0 Å². The summed E-state index contributed by atoms with van der Waals surface area (Å²) < 4.78 is 27.7. The number of nitrogens with zero attached hydrogens (tertiary/aromatic N) is 1. The third-order valence-corrected chi connectivity index (χ3v) is 6.65. The largest absolute Gasteiger partial charge is 0.324 e. The van der Waals surface area contributed by atoms with Gasteiger partial charge in [-0.25, -0.2) is 8.42 Å². The quantitative estimate of drug-likeness (QED) is 0.613. The van der Waals surface area contributed by atoms with E-state index in [4.69, 9.17) is 11.6 Å². The molecule has 0 bridgehead atoms. The van der Waals surface area contributed by atoms with Crippen molar-refractivity contribution in [2.45, 2.75) is 18.7 Å². The second-order valence-electron chi connectivity index (χ2n) is 6.62. The van der Waals surface area contributed by atoms with Crippen LogP contribution in [0.3, 0.4) is 0 Å². The first kappa shape index (κ1) is 20.9. The molecule has 5 nitrogen and oxygen atoms in total. The van der Waals surface area contributed by atoms with E-state index in [1.807, 2.05) is 13.0 Å². The van der Waals surface area contributed by atoms with Gasteiger partial charge in [0.15, 0.2) is 0 Å². The molecule has 0 atom stereocenters. The van der Waals surface area contributed by atoms with Crippen molar-refractivity contribution in [2.75, 3.05) is 16.2 Å². The van der Waals surface area contributed by atoms with Crippen molar-refractivity contribution in [1.82, 2.24) is 0 Å². The van der Waals surface area contributed by atoms with Crippen molar-refractivity contribution in [2.24, 2.45) is 0 Å². The Morgan fingerprint density at radius 1 is 0.966 bits per heavy atom. The molecular formula is C22H21ClN2O3S. The van der Waals surface area contributed by atoms with Gasteiger partial charge in [0.2, 0.25) is 5.91 Å². The number of carbonyl (C=O) groups excluding carboxylic acids is 1. The van der Waals surface area contributed by atoms with Gasteiger partial charge in [-0.1, -0.05) is 48.0 Å². The topological polar surface area (TPSA) is 66.5 Å². The Kier molecular flexibility index (Phi) is 6.25. The summed E-state index contributed by atoms with van der Waals surface area (Å²) in [6.07, 6.45) is 0. The fourth-order valence-electron chi connectivity index (χ4n) is 2.88. The van der Waals surface area contributed by atoms with Gasteiger partial charge in [-0.15, -0.1) is 0 Å². The fraction of sp³-hybridized carbons (Fsp3) is 0.136. The van der Waals surface area contributed by atoms with E-state index in [0.717, 1.165) is 15.4 Å². The van der Waals surface area contributed by atoms with E-state index in [9.17, 15) is 13.2 Å². The molecule has 3 aromatic rings. The molecule has 29 heavy (non-hydrogen) atoms. The molecule has 0 fully saturated rings. The van der Waals surface area contributed by atoms with Crippen LogP contribution < -0.4 is 9.62 Å². The van der Waals surface area contributed by atoms with E-state index in [1.165, 1.54) is 12.1 Å². The van der Waals surface area contributed by atoms with Crippen LogP contribution in [0.1, 0.15) is 11.1 Å². The zero-order chi connectivity index (χ0) is 21.0. The number of amides is 1. The lowest BCUT2D eigenvalue weighted by molar-refractivity contribution is -0.114. The number of nitrogens with one attached hydrogen (secondary N) is 1. The first-order valence-corrected chi connectivity index (χ1v) is 10.8. The first-order valence-electron chi connectivity index (χ1n) is 8.98. The predicted molar refractivity (Wildman–Crippen MR) is 117 cm³/mol. The average Bonchev–Trinajstić information content (AvgIpc) is 2.70. The van der Waals surface area contributed by atoms with Gasteiger partial charge >= 0.3 is 0 Å². The minimum Gasteiger partial charge on any atom is -0.324 e. The standard InChI is InChI=1S/C22H21ClN2O3S/c1-16-8-6-9-18(14-16)25(29(27,28)19-10-4-3-5-11-19)15-22(26)24-21-13-7-12-20(23)17(21)2/h3-14H,15H2,1-2H3,(H,24,26). The molecule has 0 radical (unpaired) electrons. The van der Waals surface area contributed by atoms with Crippen LogP contribution >= 0.6 is 11.6 Å². The number of benzene rings is 3. The van der Waals surface area contributed by atoms with E-state index < -0.39 is 15.9 Å². The number of anilines is 2. The SMILES string of the molecule is Cc1cccc(N(CC(=O)Nc2cccc(Cl)c2C)S(=O)(=O)c2ccccc2)c1. The summed E-state index contributed by atoms with van der Waals surface area (Å²) in [7, 11) is -3.93. The number of hydrogen-bond acceptors (Lipinski definition) is 3. The number of hydrogen-bond donors (Lipinski definition) is 1. The molecule has 150 valence electrons. The minimum absolute atomic E-state index is 0.119. The van der Waals surface area contributed by atoms with Gasteiger partial charge < -0.3 is 5.32 Å². The maximum Gasteiger partial charge on any atom is 0.264 e. The van der Waals surface area contributed by atoms with E-state index in [1.54, 1.807) is 61.5 Å². The Morgan fingerprint density at radius 2 is 1.66 bits per heavy atom. The van der Waals surface area contributed by atoms with Crippen molar-refractivity contribution in [3.8, 4) is 0 Å². The second kappa shape index (κ2) is 8.68. The monoisotopic (exact) mass is 428 g/mol. The molecule has 3 rings (SSSR count). The first-order chi connectivity index (χ1) is 13.8. The summed E-state index contributed by atoms with van der Waals surface area (Å²) in [6, 6.07) is 20.3. The third kappa shape index (κ3) is 4.78. The minimum atomic E-state index is -3.93. The smallest absolute Gasteiger partial charge is 0.264 e. The molecule has 0 aromatic heterocycles. The van der Waals surface area contributed by atoms with Crippen molar-refractivity contribution in [3.05, 3.63) is 88.9 Å². The maximum absolute atomic E-state index is 13.3. The summed E-state index contributed by atoms with van der Waals surface area (Å²) in [5, 5.41) is 3.28. The second-order valence-corrected chi connectivity index (χ2v) is 8.89. The molecule has 7 heteroatoms. The van der Waals surface area contributed by atoms with E-state index in [0.29, 0.717) is 16.4 Å². The lowest BCUT2D eigenvalue weighted by Gasteiger charge is -2.24. The number of sulfonamides is 1. The summed E-state index contributed by atoms with van der Waals surface area (Å²) in [6.45, 7) is 3.29. The maximum atomic E-state index is 13.3. The van der Waals surface area contributed by atoms with Gasteiger partial charge in [-0.05, 0) is 61.4 Å². The highest BCUT2D eigenvalue weighted by atomic mass is 35.5. The van der Waals surface area contributed by atoms with Crippen LogP contribution in [0.2, 0.25) is 5.02 Å². The van der Waals surface area contributed by atoms with Crippen LogP contribution in [0, 0.1) is 13.8 Å². The molecule has 1 amide bonds. The molecule has 1 N–H and O–H groups in total. The van der Waals surface area contributed by atoms with Crippen LogP contribution in [-0.4, -0.2) is 20.9 Å². The van der Waals surface area contributed by atoms with Crippen LogP contribution in [0.15, 0.2) is 77.7 Å². The van der Waals surface area contributed by atoms with Crippen molar-refractivity contribution < 1.29 is 13.2 Å². The molecule has 0 aliphatic carbocycles. The number of halogens is 1. The van der Waals surface area contributed by atoms with Gasteiger partial charge in [0.05, 0.1) is 10.6 Å². The number of rotatable bonds is 6. The average molecular weight is 429 g/mol. The molecule has 0 aliphatic rings. The van der Waals surface area contributed by atoms with Crippen LogP contribution in [0.25, 0.3) is 0 Å². The Labute approximate surface area is 176 Å². The predicted octanol–water partition coefficient (Wildman–Crippen LogP) is 4.79. The third-order valence-electron chi connectivity index (χ3n) is 4.45. The summed E-state index contributed by atoms with van der Waals surface area (Å²) in [5.74, 6) is -0.462. The zero-order valence-electron chi connectivity index (χ0n) is 16.1. The highest BCUT2D eigenvalue weighted by Gasteiger charge is 2.27. The normalized spacial score (nSPS) is 11.1. The van der Waals surface area contributed by atoms with Crippen molar-refractivity contribution >= 4 is 38.9 Å². The van der Waals surface area contributed by atoms with Crippen LogP contribution in [-0.2, 0) is 14.8 Å². The van der Waals surface area contributed by atoms with Gasteiger partial charge in [0.25, 0.3) is 10.0 Å². The van der Waals surface area contributed by atoms with Gasteiger partial charge in [-0.3, -0.25) is 9.10 Å². The van der Waals surface area contributed by atoms with Gasteiger partial charge in [0.1, 0.15) is 6.54 Å². The van der Waals surface area contributed by atoms with Crippen LogP contribution in [0.4, 0.5) is 11.4 Å². The fourth-order valence-corrected chi connectivity index (χ4v) is 4.49. The Bertz CT molecular complexity index is 1130. The summed E-state index contributed by atoms with van der Waals surface area (Å²) in [4.78, 5) is 12.9. The Hall–Kier alpha value is -2.83. The highest BCUT2D eigenvalue weighted by Crippen LogP contribution is 2.26. The van der Waals surface area contributed by atoms with Crippen molar-refractivity contribution in [3.63, 3.8) is 0 Å². The lowest BCUT2D eigenvalue weighted by atomic mass is 10.2. The van der Waals surface area contributed by atoms with E-state index in [2.05, 4.69) is 5.32 Å². The molecular weight excluding hydrogens is 408 g/mol. The lowest BCUT2D eigenvalue weighted by Crippen LogP contribution is -2.38.